The number of benzene rings is 1. The van der Waals surface area contributed by atoms with Gasteiger partial charge in [0.05, 0.1) is 5.69 Å². The van der Waals surface area contributed by atoms with Gasteiger partial charge in [-0.15, -0.1) is 0 Å². The van der Waals surface area contributed by atoms with Gasteiger partial charge in [-0.25, -0.2) is 14.4 Å². The number of hydrogen-bond acceptors (Lipinski definition) is 4. The van der Waals surface area contributed by atoms with E-state index in [1.807, 2.05) is 6.92 Å². The zero-order valence-electron chi connectivity index (χ0n) is 15.2. The molecule has 2 amide bonds. The monoisotopic (exact) mass is 365 g/mol. The lowest BCUT2D eigenvalue weighted by atomic mass is 9.45. The Kier molecular flexibility index (Phi) is 6.04. The molecule has 1 fully saturated rings. The molecule has 1 aromatic heterocycles. The minimum Gasteiger partial charge on any atom is -0.308 e. The van der Waals surface area contributed by atoms with Crippen molar-refractivity contribution in [2.45, 2.75) is 26.1 Å². The summed E-state index contributed by atoms with van der Waals surface area (Å²) >= 11 is 0. The number of urea groups is 1. The molecule has 3 rings (SSSR count). The molecule has 2 N–H and O–H groups in total. The minimum absolute atomic E-state index is 0.0969. The second-order valence-corrected chi connectivity index (χ2v) is 6.72. The van der Waals surface area contributed by atoms with Crippen LogP contribution in [0.25, 0.3) is 0 Å². The van der Waals surface area contributed by atoms with E-state index < -0.39 is 11.8 Å². The first kappa shape index (κ1) is 18.9. The van der Waals surface area contributed by atoms with Gasteiger partial charge in [0.25, 0.3) is 6.71 Å². The number of rotatable bonds is 4. The number of aryl methyl sites for hydroxylation is 1. The number of pyridine rings is 1. The Morgan fingerprint density at radius 2 is 2.11 bits per heavy atom. The number of nitrogens with one attached hydrogen (secondary N) is 2. The zero-order valence-corrected chi connectivity index (χ0v) is 15.2. The van der Waals surface area contributed by atoms with Gasteiger partial charge in [0, 0.05) is 35.7 Å². The molecule has 1 aromatic carbocycles. The molecule has 0 saturated carbocycles. The molecule has 0 aliphatic carbocycles. The molecule has 0 radical (unpaired) electrons. The molecule has 0 unspecified atom stereocenters. The average Bonchev–Trinajstić information content (AvgIpc) is 2.65. The first-order chi connectivity index (χ1) is 13.0. The smallest absolute Gasteiger partial charge is 0.308 e. The highest BCUT2D eigenvalue weighted by molar-refractivity contribution is 6.67. The van der Waals surface area contributed by atoms with E-state index in [0.29, 0.717) is 17.8 Å². The van der Waals surface area contributed by atoms with E-state index in [-0.39, 0.29) is 12.4 Å². The Morgan fingerprint density at radius 3 is 2.81 bits per heavy atom. The third kappa shape index (κ3) is 5.05. The lowest BCUT2D eigenvalue weighted by molar-refractivity contribution is 0.262. The molecule has 27 heavy (non-hydrogen) atoms. The van der Waals surface area contributed by atoms with Crippen LogP contribution in [0, 0.1) is 24.0 Å². The van der Waals surface area contributed by atoms with Crippen molar-refractivity contribution in [3.8, 4) is 5.97 Å². The number of amides is 2. The molecule has 6 nitrogen and oxygen atoms in total. The van der Waals surface area contributed by atoms with Crippen molar-refractivity contribution in [1.29, 1.82) is 5.26 Å². The van der Waals surface area contributed by atoms with Gasteiger partial charge in [-0.3, -0.25) is 4.98 Å². The molecule has 1 aliphatic heterocycles. The van der Waals surface area contributed by atoms with E-state index in [0.717, 1.165) is 31.4 Å². The summed E-state index contributed by atoms with van der Waals surface area (Å²) in [7, 11) is 0. The molecule has 2 aromatic rings. The fraction of sp³-hybridized carbons (Fsp3) is 0.316. The van der Waals surface area contributed by atoms with E-state index in [4.69, 9.17) is 5.26 Å². The summed E-state index contributed by atoms with van der Waals surface area (Å²) in [6, 6.07) is 7.89. The summed E-state index contributed by atoms with van der Waals surface area (Å²) in [4.78, 5) is 18.4. The molecular formula is C19H21BFN5O. The highest BCUT2D eigenvalue weighted by Gasteiger charge is 2.23. The lowest BCUT2D eigenvalue weighted by Gasteiger charge is -2.28. The predicted molar refractivity (Wildman–Crippen MR) is 104 cm³/mol. The number of nitrogens with zero attached hydrogens (tertiary/aromatic N) is 3. The minimum atomic E-state index is -0.508. The van der Waals surface area contributed by atoms with Crippen LogP contribution < -0.4 is 10.6 Å². The van der Waals surface area contributed by atoms with Crippen LogP contribution in [-0.2, 0) is 6.54 Å². The number of halogens is 1. The SMILES string of the molecule is Cc1cc(NC(=O)Nc2cccc(CN3CCB(C#N)CC3)c2F)ccn1. The standard InChI is InChI=1S/C19H21BFN5O/c1-14-11-16(5-8-23-14)24-19(27)25-17-4-2-3-15(18(17)21)12-26-9-6-20(13-22)7-10-26/h2-5,8,11H,6-7,9-10,12H2,1H3,(H2,23,24,25,27). The largest absolute Gasteiger partial charge is 0.323 e. The van der Waals surface area contributed by atoms with E-state index in [1.165, 1.54) is 6.07 Å². The normalized spacial score (nSPS) is 14.5. The maximum absolute atomic E-state index is 14.8. The second-order valence-electron chi connectivity index (χ2n) is 6.72. The van der Waals surface area contributed by atoms with Crippen LogP contribution in [0.15, 0.2) is 36.5 Å². The van der Waals surface area contributed by atoms with Gasteiger partial charge in [-0.1, -0.05) is 12.1 Å². The van der Waals surface area contributed by atoms with Crippen molar-refractivity contribution in [3.05, 3.63) is 53.6 Å². The maximum atomic E-state index is 14.8. The molecule has 1 aliphatic rings. The molecule has 0 spiro atoms. The van der Waals surface area contributed by atoms with Crippen LogP contribution in [0.3, 0.4) is 0 Å². The summed E-state index contributed by atoms with van der Waals surface area (Å²) in [5.41, 5.74) is 2.05. The van der Waals surface area contributed by atoms with Gasteiger partial charge in [0.2, 0.25) is 0 Å². The van der Waals surface area contributed by atoms with Gasteiger partial charge < -0.3 is 15.5 Å². The highest BCUT2D eigenvalue weighted by atomic mass is 19.1. The summed E-state index contributed by atoms with van der Waals surface area (Å²) in [6.45, 7) is 3.93. The van der Waals surface area contributed by atoms with Crippen LogP contribution in [0.4, 0.5) is 20.6 Å². The molecule has 138 valence electrons. The number of aromatic nitrogens is 1. The Balaban J connectivity index is 1.62. The Labute approximate surface area is 158 Å². The van der Waals surface area contributed by atoms with Crippen LogP contribution in [0.1, 0.15) is 11.3 Å². The molecule has 1 saturated heterocycles. The number of carbonyl (C=O) groups excluding carboxylic acids is 1. The van der Waals surface area contributed by atoms with E-state index in [1.54, 1.807) is 30.5 Å². The third-order valence-electron chi connectivity index (χ3n) is 4.65. The van der Waals surface area contributed by atoms with Gasteiger partial charge >= 0.3 is 6.03 Å². The highest BCUT2D eigenvalue weighted by Crippen LogP contribution is 2.22. The molecule has 8 heteroatoms. The zero-order chi connectivity index (χ0) is 19.2. The Bertz CT molecular complexity index is 861. The van der Waals surface area contributed by atoms with E-state index in [9.17, 15) is 9.18 Å². The second kappa shape index (κ2) is 8.65. The summed E-state index contributed by atoms with van der Waals surface area (Å²) in [5.74, 6) is 1.87. The summed E-state index contributed by atoms with van der Waals surface area (Å²) in [6.07, 6.45) is 3.22. The topological polar surface area (TPSA) is 81.0 Å². The van der Waals surface area contributed by atoms with Crippen LogP contribution in [-0.4, -0.2) is 35.7 Å². The van der Waals surface area contributed by atoms with Crippen LogP contribution in [0.2, 0.25) is 12.6 Å². The van der Waals surface area contributed by atoms with E-state index in [2.05, 4.69) is 26.5 Å². The molecule has 2 heterocycles. The number of carbonyl (C=O) groups is 1. The van der Waals surface area contributed by atoms with Crippen LogP contribution in [0.5, 0.6) is 0 Å². The average molecular weight is 365 g/mol. The maximum Gasteiger partial charge on any atom is 0.323 e. The first-order valence-electron chi connectivity index (χ1n) is 8.95. The molecule has 0 atom stereocenters. The van der Waals surface area contributed by atoms with Crippen LogP contribution >= 0.6 is 0 Å². The van der Waals surface area contributed by atoms with Gasteiger partial charge in [0.1, 0.15) is 0 Å². The van der Waals surface area contributed by atoms with Crippen molar-refractivity contribution < 1.29 is 9.18 Å². The fourth-order valence-corrected chi connectivity index (χ4v) is 3.17. The number of hydrogen-bond donors (Lipinski definition) is 2. The van der Waals surface area contributed by atoms with Gasteiger partial charge in [-0.05, 0) is 50.9 Å². The fourth-order valence-electron chi connectivity index (χ4n) is 3.17. The first-order valence-corrected chi connectivity index (χ1v) is 8.95. The van der Waals surface area contributed by atoms with Crippen molar-refractivity contribution >= 4 is 24.1 Å². The Hall–Kier alpha value is -2.92. The van der Waals surface area contributed by atoms with E-state index >= 15 is 0 Å². The van der Waals surface area contributed by atoms with Gasteiger partial charge in [0.15, 0.2) is 5.82 Å². The number of nitriles is 1. The van der Waals surface area contributed by atoms with Crippen molar-refractivity contribution in [1.82, 2.24) is 9.88 Å². The molecule has 0 bridgehead atoms. The lowest BCUT2D eigenvalue weighted by Crippen LogP contribution is -2.36. The summed E-state index contributed by atoms with van der Waals surface area (Å²) in [5, 5.41) is 14.2. The number of anilines is 2. The predicted octanol–water partition coefficient (Wildman–Crippen LogP) is 3.55. The van der Waals surface area contributed by atoms with Crippen molar-refractivity contribution in [3.63, 3.8) is 0 Å². The Morgan fingerprint density at radius 1 is 1.33 bits per heavy atom. The third-order valence-corrected chi connectivity index (χ3v) is 4.65. The van der Waals surface area contributed by atoms with Gasteiger partial charge in [-0.2, -0.15) is 0 Å². The molecular weight excluding hydrogens is 344 g/mol. The quantitative estimate of drug-likeness (QED) is 0.812. The summed E-state index contributed by atoms with van der Waals surface area (Å²) < 4.78 is 14.8. The van der Waals surface area contributed by atoms with Crippen molar-refractivity contribution in [2.75, 3.05) is 23.7 Å². The van der Waals surface area contributed by atoms with Crippen molar-refractivity contribution in [2.24, 2.45) is 0 Å².